The van der Waals surface area contributed by atoms with Gasteiger partial charge in [-0.3, -0.25) is 16.3 Å². The molecule has 0 atom stereocenters. The maximum Gasteiger partial charge on any atom is 0.213 e. The summed E-state index contributed by atoms with van der Waals surface area (Å²) in [6.45, 7) is 3.49. The zero-order valence-electron chi connectivity index (χ0n) is 16.4. The maximum atomic E-state index is 5.37. The van der Waals surface area contributed by atoms with Crippen molar-refractivity contribution in [3.63, 3.8) is 0 Å². The van der Waals surface area contributed by atoms with Crippen molar-refractivity contribution in [3.8, 4) is 0 Å². The average Bonchev–Trinajstić information content (AvgIpc) is 2.77. The van der Waals surface area contributed by atoms with E-state index in [1.54, 1.807) is 24.9 Å². The molecule has 0 radical (unpaired) electrons. The molecule has 0 amide bonds. The molecule has 2 aromatic rings. The summed E-state index contributed by atoms with van der Waals surface area (Å²) in [7, 11) is 0. The Balaban J connectivity index is 1.83. The predicted molar refractivity (Wildman–Crippen MR) is 135 cm³/mol. The number of thiocarbonyl (C=S) groups is 2. The van der Waals surface area contributed by atoms with E-state index in [2.05, 4.69) is 43.0 Å². The molecule has 0 aromatic heterocycles. The second-order valence-corrected chi connectivity index (χ2v) is 6.64. The second-order valence-electron chi connectivity index (χ2n) is 5.87. The number of aliphatic imine (C=N–C) groups is 2. The molecule has 9 nitrogen and oxygen atoms in total. The molecule has 31 heavy (non-hydrogen) atoms. The minimum Gasteiger partial charge on any atom is -0.385 e. The average molecular weight is 452 g/mol. The number of hydrazone groups is 2. The first-order valence-electron chi connectivity index (χ1n) is 8.81. The quantitative estimate of drug-likeness (QED) is 0.186. The van der Waals surface area contributed by atoms with Crippen LogP contribution in [0.3, 0.4) is 0 Å². The zero-order chi connectivity index (χ0) is 22.5. The number of nitrogens with zero attached hydrogens (tertiary/aromatic N) is 4. The van der Waals surface area contributed by atoms with Gasteiger partial charge < -0.3 is 5.73 Å². The fraction of sp³-hybridized carbons (Fsp3) is 0. The summed E-state index contributed by atoms with van der Waals surface area (Å²) in [6, 6.07) is 15.0. The van der Waals surface area contributed by atoms with Crippen molar-refractivity contribution < 1.29 is 0 Å². The van der Waals surface area contributed by atoms with Crippen LogP contribution < -0.4 is 27.9 Å². The molecule has 0 aliphatic carbocycles. The van der Waals surface area contributed by atoms with Crippen LogP contribution in [0.1, 0.15) is 22.3 Å². The highest BCUT2D eigenvalue weighted by Gasteiger charge is 1.94. The van der Waals surface area contributed by atoms with Gasteiger partial charge >= 0.3 is 0 Å². The normalized spacial score (nSPS) is 11.4. The van der Waals surface area contributed by atoms with E-state index in [0.717, 1.165) is 22.3 Å². The Hall–Kier alpha value is -3.80. The van der Waals surface area contributed by atoms with E-state index in [1.165, 1.54) is 0 Å². The minimum atomic E-state index is 0.208. The molecule has 0 saturated heterocycles. The van der Waals surface area contributed by atoms with Gasteiger partial charge in [-0.05, 0) is 46.7 Å². The van der Waals surface area contributed by atoms with Gasteiger partial charge in [0, 0.05) is 12.4 Å². The number of rotatable bonds is 7. The van der Waals surface area contributed by atoms with E-state index in [9.17, 15) is 0 Å². The first-order valence-corrected chi connectivity index (χ1v) is 9.63. The van der Waals surface area contributed by atoms with Gasteiger partial charge in [0.05, 0.1) is 12.4 Å². The van der Waals surface area contributed by atoms with Crippen molar-refractivity contribution in [1.29, 1.82) is 0 Å². The van der Waals surface area contributed by atoms with E-state index in [-0.39, 0.29) is 16.0 Å². The van der Waals surface area contributed by atoms with Gasteiger partial charge in [0.1, 0.15) is 5.82 Å². The number of benzene rings is 2. The first-order chi connectivity index (χ1) is 15.0. The lowest BCUT2D eigenvalue weighted by atomic mass is 10.2. The van der Waals surface area contributed by atoms with Crippen LogP contribution in [0.25, 0.3) is 0 Å². The maximum absolute atomic E-state index is 5.37. The summed E-state index contributed by atoms with van der Waals surface area (Å²) in [4.78, 5) is 8.14. The number of nitrogens with two attached hydrogens (primary N) is 2. The predicted octanol–water partition coefficient (Wildman–Crippen LogP) is 1.53. The van der Waals surface area contributed by atoms with Crippen LogP contribution in [-0.2, 0) is 0 Å². The third kappa shape index (κ3) is 9.49. The van der Waals surface area contributed by atoms with Crippen molar-refractivity contribution >= 4 is 59.5 Å². The number of nitrogens with one attached hydrogen (secondary N) is 3. The van der Waals surface area contributed by atoms with Crippen molar-refractivity contribution in [2.75, 3.05) is 0 Å². The zero-order valence-corrected chi connectivity index (χ0v) is 18.0. The van der Waals surface area contributed by atoms with Crippen LogP contribution in [0.15, 0.2) is 81.1 Å². The fourth-order valence-electron chi connectivity index (χ4n) is 2.02. The molecule has 158 valence electrons. The van der Waals surface area contributed by atoms with Gasteiger partial charge in [-0.1, -0.05) is 55.1 Å². The molecular formula is C20H21N9S2. The van der Waals surface area contributed by atoms with Gasteiger partial charge in [-0.25, -0.2) is 15.8 Å². The number of hydrogen-bond donors (Lipinski definition) is 5. The molecule has 0 spiro atoms. The van der Waals surface area contributed by atoms with Gasteiger partial charge in [-0.2, -0.15) is 10.2 Å². The molecule has 2 rings (SSSR count). The first kappa shape index (κ1) is 23.5. The van der Waals surface area contributed by atoms with Crippen LogP contribution >= 0.6 is 24.4 Å². The smallest absolute Gasteiger partial charge is 0.213 e. The van der Waals surface area contributed by atoms with Crippen molar-refractivity contribution in [2.45, 2.75) is 0 Å². The topological polar surface area (TPSA) is 138 Å². The Labute approximate surface area is 190 Å². The van der Waals surface area contributed by atoms with Crippen LogP contribution in [0, 0.1) is 0 Å². The van der Waals surface area contributed by atoms with E-state index in [4.69, 9.17) is 36.0 Å². The third-order valence-corrected chi connectivity index (χ3v) is 3.87. The Bertz CT molecular complexity index is 1020. The lowest BCUT2D eigenvalue weighted by molar-refractivity contribution is 0.882. The molecule has 11 heteroatoms. The number of hydrogen-bond acceptors (Lipinski definition) is 7. The lowest BCUT2D eigenvalue weighted by Gasteiger charge is -1.99. The molecule has 0 saturated carbocycles. The molecule has 0 aliphatic rings. The van der Waals surface area contributed by atoms with Gasteiger partial charge in [-0.15, -0.1) is 0 Å². The van der Waals surface area contributed by atoms with Crippen molar-refractivity contribution in [3.05, 3.63) is 83.2 Å². The summed E-state index contributed by atoms with van der Waals surface area (Å²) >= 11 is 9.99. The molecule has 2 aromatic carbocycles. The van der Waals surface area contributed by atoms with Gasteiger partial charge in [0.25, 0.3) is 0 Å². The molecule has 0 aliphatic heterocycles. The second kappa shape index (κ2) is 12.7. The number of hydrazine groups is 1. The molecule has 0 heterocycles. The third-order valence-electron chi connectivity index (χ3n) is 3.45. The molecule has 0 unspecified atom stereocenters. The van der Waals surface area contributed by atoms with E-state index in [1.807, 2.05) is 48.5 Å². The molecule has 0 bridgehead atoms. The van der Waals surface area contributed by atoms with E-state index < -0.39 is 0 Å². The van der Waals surface area contributed by atoms with Gasteiger partial charge in [0.15, 0.2) is 0 Å². The van der Waals surface area contributed by atoms with E-state index >= 15 is 0 Å². The SMILES string of the molecule is C=C(N)N/N=C/c1ccc(/C=N/C(=S)N/N=C/c2ccc(/C=N/C(=S)NN)cc2)cc1. The summed E-state index contributed by atoms with van der Waals surface area (Å²) in [5, 5.41) is 8.45. The van der Waals surface area contributed by atoms with Gasteiger partial charge in [0.2, 0.25) is 10.2 Å². The van der Waals surface area contributed by atoms with Crippen LogP contribution in [0.4, 0.5) is 0 Å². The van der Waals surface area contributed by atoms with Crippen LogP contribution in [-0.4, -0.2) is 35.1 Å². The lowest BCUT2D eigenvalue weighted by Crippen LogP contribution is -2.26. The highest BCUT2D eigenvalue weighted by Crippen LogP contribution is 2.01. The molecular weight excluding hydrogens is 430 g/mol. The van der Waals surface area contributed by atoms with E-state index in [0.29, 0.717) is 0 Å². The Morgan fingerprint density at radius 3 is 1.52 bits per heavy atom. The highest BCUT2D eigenvalue weighted by molar-refractivity contribution is 7.80. The summed E-state index contributed by atoms with van der Waals surface area (Å²) in [6.07, 6.45) is 6.51. The summed E-state index contributed by atoms with van der Waals surface area (Å²) in [5.74, 6) is 5.44. The van der Waals surface area contributed by atoms with Crippen molar-refractivity contribution in [2.24, 2.45) is 31.8 Å². The monoisotopic (exact) mass is 451 g/mol. The fourth-order valence-corrected chi connectivity index (χ4v) is 2.18. The standard InChI is InChI=1S/C20H21N9S2/c1-14(21)28-25-12-17-6-4-16(5-7-17)11-24-20(31)29-26-13-18-8-2-15(3-9-18)10-23-19(30)27-22/h2-13,28H,1,21-22H2,(H,27,30)(H,29,31)/b23-10+,24-11+,25-12+,26-13+. The van der Waals surface area contributed by atoms with Crippen LogP contribution in [0.5, 0.6) is 0 Å². The summed E-state index contributed by atoms with van der Waals surface area (Å²) in [5.41, 5.74) is 16.4. The Kier molecular flexibility index (Phi) is 9.62. The van der Waals surface area contributed by atoms with Crippen molar-refractivity contribution in [1.82, 2.24) is 16.3 Å². The minimum absolute atomic E-state index is 0.208. The van der Waals surface area contributed by atoms with Crippen LogP contribution in [0.2, 0.25) is 0 Å². The summed E-state index contributed by atoms with van der Waals surface area (Å²) < 4.78 is 0. The highest BCUT2D eigenvalue weighted by atomic mass is 32.1. The Morgan fingerprint density at radius 2 is 1.10 bits per heavy atom. The Morgan fingerprint density at radius 1 is 0.710 bits per heavy atom. The molecule has 0 fully saturated rings. The largest absolute Gasteiger partial charge is 0.385 e. The molecule has 7 N–H and O–H groups in total.